The molecule has 0 amide bonds. The van der Waals surface area contributed by atoms with Crippen LogP contribution in [0.25, 0.3) is 0 Å². The zero-order valence-electron chi connectivity index (χ0n) is 15.3. The highest BCUT2D eigenvalue weighted by Crippen LogP contribution is 2.18. The highest BCUT2D eigenvalue weighted by molar-refractivity contribution is 9.10. The Hall–Kier alpha value is -2.12. The van der Waals surface area contributed by atoms with Crippen LogP contribution >= 0.6 is 15.9 Å². The molecule has 27 heavy (non-hydrogen) atoms. The second kappa shape index (κ2) is 8.27. The number of anilines is 1. The molecule has 0 atom stereocenters. The van der Waals surface area contributed by atoms with Crippen LogP contribution in [0.5, 0.6) is 0 Å². The Morgan fingerprint density at radius 3 is 2.30 bits per heavy atom. The molecule has 0 fully saturated rings. The smallest absolute Gasteiger partial charge is 0.261 e. The monoisotopic (exact) mass is 447 g/mol. The van der Waals surface area contributed by atoms with Crippen LogP contribution in [0.1, 0.15) is 25.0 Å². The molecule has 0 saturated carbocycles. The molecule has 142 valence electrons. The van der Waals surface area contributed by atoms with Crippen LogP contribution in [0, 0.1) is 5.92 Å². The molecule has 1 heterocycles. The van der Waals surface area contributed by atoms with Crippen molar-refractivity contribution in [1.29, 1.82) is 0 Å². The SMILES string of the molecule is CC(C)Cc1ccc(S(=O)(=O)Nc2cnn(Cc3ccc(Br)cc3)c2)cc1. The molecule has 2 aromatic carbocycles. The van der Waals surface area contributed by atoms with Gasteiger partial charge in [0.05, 0.1) is 23.3 Å². The standard InChI is InChI=1S/C20H22BrN3O2S/c1-15(2)11-16-5-9-20(10-6-16)27(25,26)23-19-12-22-24(14-19)13-17-3-7-18(21)8-4-17/h3-10,12,14-15,23H,11,13H2,1-2H3. The van der Waals surface area contributed by atoms with Crippen molar-refractivity contribution < 1.29 is 8.42 Å². The molecular weight excluding hydrogens is 426 g/mol. The van der Waals surface area contributed by atoms with Crippen LogP contribution in [0.15, 0.2) is 70.3 Å². The van der Waals surface area contributed by atoms with Crippen molar-refractivity contribution in [2.45, 2.75) is 31.7 Å². The lowest BCUT2D eigenvalue weighted by Gasteiger charge is -2.08. The van der Waals surface area contributed by atoms with Crippen LogP contribution in [0.4, 0.5) is 5.69 Å². The van der Waals surface area contributed by atoms with Crippen molar-refractivity contribution in [2.24, 2.45) is 5.92 Å². The van der Waals surface area contributed by atoms with Crippen LogP contribution < -0.4 is 4.72 Å². The number of hydrogen-bond acceptors (Lipinski definition) is 3. The number of aromatic nitrogens is 2. The molecule has 0 bridgehead atoms. The van der Waals surface area contributed by atoms with E-state index < -0.39 is 10.0 Å². The maximum atomic E-state index is 12.6. The maximum absolute atomic E-state index is 12.6. The molecule has 1 aromatic heterocycles. The average molecular weight is 448 g/mol. The van der Waals surface area contributed by atoms with Gasteiger partial charge in [-0.15, -0.1) is 0 Å². The first-order valence-corrected chi connectivity index (χ1v) is 11.0. The molecule has 0 aliphatic heterocycles. The molecule has 3 rings (SSSR count). The van der Waals surface area contributed by atoms with Gasteiger partial charge < -0.3 is 0 Å². The van der Waals surface area contributed by atoms with Gasteiger partial charge in [0.2, 0.25) is 0 Å². The van der Waals surface area contributed by atoms with Gasteiger partial charge in [0, 0.05) is 10.7 Å². The topological polar surface area (TPSA) is 64.0 Å². The van der Waals surface area contributed by atoms with E-state index >= 15 is 0 Å². The lowest BCUT2D eigenvalue weighted by atomic mass is 10.0. The molecule has 7 heteroatoms. The van der Waals surface area contributed by atoms with E-state index in [0.29, 0.717) is 18.2 Å². The third kappa shape index (κ3) is 5.43. The van der Waals surface area contributed by atoms with Crippen molar-refractivity contribution >= 4 is 31.6 Å². The van der Waals surface area contributed by atoms with Gasteiger partial charge in [-0.2, -0.15) is 5.10 Å². The molecule has 0 radical (unpaired) electrons. The van der Waals surface area contributed by atoms with E-state index in [0.717, 1.165) is 22.0 Å². The second-order valence-corrected chi connectivity index (χ2v) is 9.50. The van der Waals surface area contributed by atoms with E-state index in [9.17, 15) is 8.42 Å². The van der Waals surface area contributed by atoms with E-state index in [1.807, 2.05) is 36.4 Å². The highest BCUT2D eigenvalue weighted by Gasteiger charge is 2.15. The first kappa shape index (κ1) is 19.6. The summed E-state index contributed by atoms with van der Waals surface area (Å²) >= 11 is 3.41. The minimum absolute atomic E-state index is 0.246. The summed E-state index contributed by atoms with van der Waals surface area (Å²) in [6, 6.07) is 14.9. The summed E-state index contributed by atoms with van der Waals surface area (Å²) in [6.07, 6.45) is 4.13. The van der Waals surface area contributed by atoms with Crippen molar-refractivity contribution in [2.75, 3.05) is 4.72 Å². The second-order valence-electron chi connectivity index (χ2n) is 6.90. The number of sulfonamides is 1. The van der Waals surface area contributed by atoms with Crippen LogP contribution in [0.2, 0.25) is 0 Å². The Balaban J connectivity index is 1.69. The summed E-state index contributed by atoms with van der Waals surface area (Å²) < 4.78 is 30.5. The fourth-order valence-corrected chi connectivity index (χ4v) is 4.06. The highest BCUT2D eigenvalue weighted by atomic mass is 79.9. The van der Waals surface area contributed by atoms with Crippen molar-refractivity contribution in [3.63, 3.8) is 0 Å². The zero-order chi connectivity index (χ0) is 19.4. The number of hydrogen-bond donors (Lipinski definition) is 1. The number of halogens is 1. The summed E-state index contributed by atoms with van der Waals surface area (Å²) in [6.45, 7) is 4.84. The molecule has 0 spiro atoms. The number of nitrogens with zero attached hydrogens (tertiary/aromatic N) is 2. The summed E-state index contributed by atoms with van der Waals surface area (Å²) in [7, 11) is -3.63. The quantitative estimate of drug-likeness (QED) is 0.570. The summed E-state index contributed by atoms with van der Waals surface area (Å²) in [5.41, 5.74) is 2.65. The molecular formula is C20H22BrN3O2S. The predicted molar refractivity (Wildman–Crippen MR) is 111 cm³/mol. The summed E-state index contributed by atoms with van der Waals surface area (Å²) in [4.78, 5) is 0.246. The lowest BCUT2D eigenvalue weighted by Crippen LogP contribution is -2.12. The van der Waals surface area contributed by atoms with Gasteiger partial charge in [-0.05, 0) is 47.7 Å². The number of benzene rings is 2. The number of nitrogens with one attached hydrogen (secondary N) is 1. The van der Waals surface area contributed by atoms with E-state index in [4.69, 9.17) is 0 Å². The van der Waals surface area contributed by atoms with Gasteiger partial charge in [-0.25, -0.2) is 8.42 Å². The molecule has 0 aliphatic carbocycles. The van der Waals surface area contributed by atoms with Gasteiger partial charge in [-0.3, -0.25) is 9.40 Å². The lowest BCUT2D eigenvalue weighted by molar-refractivity contribution is 0.601. The molecule has 0 unspecified atom stereocenters. The molecule has 3 aromatic rings. The van der Waals surface area contributed by atoms with E-state index in [2.05, 4.69) is 39.6 Å². The van der Waals surface area contributed by atoms with Crippen molar-refractivity contribution in [1.82, 2.24) is 9.78 Å². The largest absolute Gasteiger partial charge is 0.276 e. The van der Waals surface area contributed by atoms with Gasteiger partial charge in [0.1, 0.15) is 0 Å². The minimum Gasteiger partial charge on any atom is -0.276 e. The summed E-state index contributed by atoms with van der Waals surface area (Å²) in [5.74, 6) is 0.530. The average Bonchev–Trinajstić information content (AvgIpc) is 3.03. The third-order valence-electron chi connectivity index (χ3n) is 4.02. The number of rotatable bonds is 7. The van der Waals surface area contributed by atoms with Crippen LogP contribution in [-0.2, 0) is 23.0 Å². The Labute approximate surface area is 168 Å². The van der Waals surface area contributed by atoms with Crippen LogP contribution in [0.3, 0.4) is 0 Å². The molecule has 5 nitrogen and oxygen atoms in total. The van der Waals surface area contributed by atoms with Gasteiger partial charge in [-0.1, -0.05) is 54.0 Å². The van der Waals surface area contributed by atoms with Crippen molar-refractivity contribution in [3.8, 4) is 0 Å². The Bertz CT molecular complexity index is 994. The predicted octanol–water partition coefficient (Wildman–Crippen LogP) is 4.69. The molecule has 0 saturated heterocycles. The Morgan fingerprint density at radius 2 is 1.67 bits per heavy atom. The maximum Gasteiger partial charge on any atom is 0.261 e. The Kier molecular flexibility index (Phi) is 6.01. The van der Waals surface area contributed by atoms with Gasteiger partial charge in [0.25, 0.3) is 10.0 Å². The fraction of sp³-hybridized carbons (Fsp3) is 0.250. The van der Waals surface area contributed by atoms with Gasteiger partial charge in [0.15, 0.2) is 0 Å². The summed E-state index contributed by atoms with van der Waals surface area (Å²) in [5, 5.41) is 4.24. The van der Waals surface area contributed by atoms with E-state index in [1.54, 1.807) is 23.0 Å². The van der Waals surface area contributed by atoms with E-state index in [-0.39, 0.29) is 4.90 Å². The molecule has 1 N–H and O–H groups in total. The van der Waals surface area contributed by atoms with Gasteiger partial charge >= 0.3 is 0 Å². The fourth-order valence-electron chi connectivity index (χ4n) is 2.77. The normalized spacial score (nSPS) is 11.7. The first-order valence-electron chi connectivity index (χ1n) is 8.70. The first-order chi connectivity index (χ1) is 12.8. The Morgan fingerprint density at radius 1 is 1.04 bits per heavy atom. The van der Waals surface area contributed by atoms with E-state index in [1.165, 1.54) is 6.20 Å². The van der Waals surface area contributed by atoms with Crippen LogP contribution in [-0.4, -0.2) is 18.2 Å². The zero-order valence-corrected chi connectivity index (χ0v) is 17.7. The molecule has 0 aliphatic rings. The van der Waals surface area contributed by atoms with Crippen molar-refractivity contribution in [3.05, 3.63) is 76.5 Å². The minimum atomic E-state index is -3.63. The third-order valence-corrected chi connectivity index (χ3v) is 5.95.